The summed E-state index contributed by atoms with van der Waals surface area (Å²) in [5.74, 6) is 0. The molecule has 70 valence electrons. The Bertz CT molecular complexity index is 334. The molecule has 0 N–H and O–H groups in total. The van der Waals surface area contributed by atoms with Crippen LogP contribution in [0.3, 0.4) is 0 Å². The van der Waals surface area contributed by atoms with E-state index in [-0.39, 0.29) is 0 Å². The maximum absolute atomic E-state index is 3.28. The molecule has 0 aromatic rings. The summed E-state index contributed by atoms with van der Waals surface area (Å²) in [6, 6.07) is 0. The number of quaternary nitrogens is 1. The molecule has 1 aliphatic rings. The fourth-order valence-electron chi connectivity index (χ4n) is 1.54. The third kappa shape index (κ3) is 1.82. The largest absolute Gasteiger partial charge is 0.263 e. The van der Waals surface area contributed by atoms with E-state index in [1.807, 2.05) is 0 Å². The van der Waals surface area contributed by atoms with Crippen LogP contribution in [-0.2, 0) is 0 Å². The molecule has 1 heterocycles. The zero-order valence-electron chi connectivity index (χ0n) is 9.18. The topological polar surface area (TPSA) is 0 Å². The van der Waals surface area contributed by atoms with E-state index in [1.54, 1.807) is 0 Å². The molecule has 0 saturated carbocycles. The van der Waals surface area contributed by atoms with Crippen LogP contribution >= 0.6 is 0 Å². The number of allylic oxidation sites excluding steroid dienone is 4. The third-order valence-corrected chi connectivity index (χ3v) is 2.50. The summed E-state index contributed by atoms with van der Waals surface area (Å²) in [7, 11) is 4.33. The predicted octanol–water partition coefficient (Wildman–Crippen LogP) is 2.99. The van der Waals surface area contributed by atoms with Crippen LogP contribution in [0.5, 0.6) is 0 Å². The van der Waals surface area contributed by atoms with Crippen molar-refractivity contribution in [1.82, 2.24) is 0 Å². The van der Waals surface area contributed by atoms with Crippen molar-refractivity contribution in [3.05, 3.63) is 40.9 Å². The van der Waals surface area contributed by atoms with Crippen molar-refractivity contribution in [2.45, 2.75) is 20.8 Å². The molecule has 0 aliphatic carbocycles. The molecule has 0 radical (unpaired) electrons. The minimum Gasteiger partial charge on any atom is -0.263 e. The van der Waals surface area contributed by atoms with Crippen LogP contribution in [0.25, 0.3) is 0 Å². The molecule has 1 rings (SSSR count). The second kappa shape index (κ2) is 3.37. The van der Waals surface area contributed by atoms with Gasteiger partial charge in [0, 0.05) is 11.1 Å². The molecule has 0 fully saturated rings. The van der Waals surface area contributed by atoms with Gasteiger partial charge in [0.1, 0.15) is 11.9 Å². The van der Waals surface area contributed by atoms with E-state index in [2.05, 4.69) is 58.9 Å². The van der Waals surface area contributed by atoms with Crippen LogP contribution in [0.1, 0.15) is 20.8 Å². The highest BCUT2D eigenvalue weighted by Crippen LogP contribution is 2.25. The van der Waals surface area contributed by atoms with Crippen LogP contribution in [0.2, 0.25) is 0 Å². The van der Waals surface area contributed by atoms with Gasteiger partial charge < -0.3 is 0 Å². The maximum Gasteiger partial charge on any atom is 0.144 e. The fraction of sp³-hybridized carbons (Fsp3) is 0.417. The summed E-state index contributed by atoms with van der Waals surface area (Å²) in [5.41, 5.74) is 7.21. The lowest BCUT2D eigenvalue weighted by Gasteiger charge is -2.28. The monoisotopic (exact) mass is 176 g/mol. The van der Waals surface area contributed by atoms with Gasteiger partial charge in [-0.3, -0.25) is 4.48 Å². The van der Waals surface area contributed by atoms with Gasteiger partial charge in [-0.2, -0.15) is 0 Å². The van der Waals surface area contributed by atoms with Crippen molar-refractivity contribution in [1.29, 1.82) is 0 Å². The van der Waals surface area contributed by atoms with Crippen LogP contribution in [0.15, 0.2) is 40.9 Å². The first-order chi connectivity index (χ1) is 5.99. The van der Waals surface area contributed by atoms with Gasteiger partial charge in [-0.05, 0) is 26.8 Å². The first-order valence-electron chi connectivity index (χ1n) is 4.61. The minimum atomic E-state index is 0.785. The zero-order chi connectivity index (χ0) is 10.1. The Labute approximate surface area is 81.0 Å². The van der Waals surface area contributed by atoms with E-state index in [1.165, 1.54) is 16.8 Å². The second-order valence-electron chi connectivity index (χ2n) is 3.95. The second-order valence-corrected chi connectivity index (χ2v) is 3.95. The van der Waals surface area contributed by atoms with E-state index >= 15 is 0 Å². The molecule has 0 saturated heterocycles. The Morgan fingerprint density at radius 2 is 1.92 bits per heavy atom. The Hall–Kier alpha value is -1.04. The average molecular weight is 176 g/mol. The summed E-state index contributed by atoms with van der Waals surface area (Å²) in [5, 5.41) is 0. The standard InChI is InChI=1S/C12H18N/c1-6-7-12-11(3)10(2)8-9-13(12,4)5/h6-7,9H,1-5H3/q+1. The van der Waals surface area contributed by atoms with Crippen LogP contribution in [0.4, 0.5) is 0 Å². The summed E-state index contributed by atoms with van der Waals surface area (Å²) in [6.45, 7) is 6.32. The molecule has 0 aromatic heterocycles. The first kappa shape index (κ1) is 10.0. The zero-order valence-corrected chi connectivity index (χ0v) is 9.18. The van der Waals surface area contributed by atoms with Crippen molar-refractivity contribution >= 4 is 0 Å². The van der Waals surface area contributed by atoms with E-state index in [9.17, 15) is 0 Å². The van der Waals surface area contributed by atoms with Gasteiger partial charge in [-0.1, -0.05) is 11.8 Å². The molecule has 0 unspecified atom stereocenters. The molecule has 0 spiro atoms. The number of rotatable bonds is 1. The van der Waals surface area contributed by atoms with Gasteiger partial charge in [0.25, 0.3) is 0 Å². The summed E-state index contributed by atoms with van der Waals surface area (Å²) in [4.78, 5) is 0. The van der Waals surface area contributed by atoms with E-state index in [0.717, 1.165) is 4.48 Å². The van der Waals surface area contributed by atoms with Crippen LogP contribution in [-0.4, -0.2) is 18.6 Å². The average Bonchev–Trinajstić information content (AvgIpc) is 2.07. The van der Waals surface area contributed by atoms with Gasteiger partial charge in [0.2, 0.25) is 0 Å². The normalized spacial score (nSPS) is 21.2. The highest BCUT2D eigenvalue weighted by Gasteiger charge is 2.23. The predicted molar refractivity (Wildman–Crippen MR) is 56.9 cm³/mol. The van der Waals surface area contributed by atoms with Crippen molar-refractivity contribution in [3.8, 4) is 0 Å². The third-order valence-electron chi connectivity index (χ3n) is 2.50. The number of nitrogens with zero attached hydrogens (tertiary/aromatic N) is 1. The maximum atomic E-state index is 3.28. The van der Waals surface area contributed by atoms with Crippen molar-refractivity contribution < 1.29 is 4.48 Å². The number of likely N-dealkylation sites (N-methyl/N-ethyl adjacent to an activating group) is 1. The van der Waals surface area contributed by atoms with Gasteiger partial charge >= 0.3 is 0 Å². The highest BCUT2D eigenvalue weighted by molar-refractivity contribution is 5.36. The quantitative estimate of drug-likeness (QED) is 0.425. The minimum absolute atomic E-state index is 0.785. The first-order valence-corrected chi connectivity index (χ1v) is 4.61. The van der Waals surface area contributed by atoms with Gasteiger partial charge in [-0.25, -0.2) is 0 Å². The molecule has 0 atom stereocenters. The molecule has 0 aromatic carbocycles. The smallest absolute Gasteiger partial charge is 0.144 e. The SMILES string of the molecule is CC=CC1=C(C)C(C)=C=C[N+]1(C)C. The van der Waals surface area contributed by atoms with E-state index < -0.39 is 0 Å². The molecular weight excluding hydrogens is 158 g/mol. The number of hydrogen-bond acceptors (Lipinski definition) is 0. The molecule has 1 heteroatoms. The molecule has 1 nitrogen and oxygen atoms in total. The number of hydrogen-bond donors (Lipinski definition) is 0. The van der Waals surface area contributed by atoms with Crippen molar-refractivity contribution in [3.63, 3.8) is 0 Å². The van der Waals surface area contributed by atoms with Crippen LogP contribution in [0, 0.1) is 0 Å². The van der Waals surface area contributed by atoms with Gasteiger partial charge in [0.05, 0.1) is 14.1 Å². The summed E-state index contributed by atoms with van der Waals surface area (Å²) >= 11 is 0. The lowest BCUT2D eigenvalue weighted by Crippen LogP contribution is -2.33. The molecule has 1 aliphatic heterocycles. The molecule has 13 heavy (non-hydrogen) atoms. The Kier molecular flexibility index (Phi) is 2.60. The Morgan fingerprint density at radius 3 is 2.46 bits per heavy atom. The van der Waals surface area contributed by atoms with Crippen molar-refractivity contribution in [2.75, 3.05) is 14.1 Å². The van der Waals surface area contributed by atoms with Gasteiger partial charge in [0.15, 0.2) is 0 Å². The van der Waals surface area contributed by atoms with Crippen molar-refractivity contribution in [2.24, 2.45) is 0 Å². The van der Waals surface area contributed by atoms with E-state index in [0.29, 0.717) is 0 Å². The van der Waals surface area contributed by atoms with E-state index in [4.69, 9.17) is 0 Å². The highest BCUT2D eigenvalue weighted by atomic mass is 15.3. The Balaban J connectivity index is 3.31. The van der Waals surface area contributed by atoms with Crippen LogP contribution < -0.4 is 0 Å². The molecule has 0 amide bonds. The summed E-state index contributed by atoms with van der Waals surface area (Å²) in [6.07, 6.45) is 6.36. The summed E-state index contributed by atoms with van der Waals surface area (Å²) < 4.78 is 0.785. The lowest BCUT2D eigenvalue weighted by atomic mass is 10.0. The lowest BCUT2D eigenvalue weighted by molar-refractivity contribution is -0.796. The molecule has 0 bridgehead atoms. The Morgan fingerprint density at radius 1 is 1.31 bits per heavy atom. The fourth-order valence-corrected chi connectivity index (χ4v) is 1.54. The molecular formula is C12H18N+. The van der Waals surface area contributed by atoms with Gasteiger partial charge in [-0.15, -0.1) is 0 Å².